The molecule has 4 aromatic rings. The summed E-state index contributed by atoms with van der Waals surface area (Å²) in [5.74, 6) is -3.16. The summed E-state index contributed by atoms with van der Waals surface area (Å²) in [7, 11) is 0. The molecule has 1 N–H and O–H groups in total. The van der Waals surface area contributed by atoms with E-state index in [1.54, 1.807) is 18.2 Å². The maximum absolute atomic E-state index is 14.0. The van der Waals surface area contributed by atoms with Gasteiger partial charge < -0.3 is 10.1 Å². The standard InChI is InChI=1S/C35H28N2O5/c1-19-14-15-20(2)27(16-19)36-28(38)18-42-35(41)21-8-7-9-22(17-21)37-33(39)31-29-23-10-3-4-11-24(23)30(32(31)34(37)40)26-13-6-5-12-25(26)29/h3-17,29-32H,18H2,1-2H3,(H,36,38)/t29?,30?,31-,32-/m1/s1. The van der Waals surface area contributed by atoms with E-state index in [-0.39, 0.29) is 29.2 Å². The Morgan fingerprint density at radius 2 is 1.31 bits per heavy atom. The molecule has 0 unspecified atom stereocenters. The van der Waals surface area contributed by atoms with Gasteiger partial charge in [-0.1, -0.05) is 66.7 Å². The zero-order valence-corrected chi connectivity index (χ0v) is 23.2. The second kappa shape index (κ2) is 9.80. The number of hydrogen-bond acceptors (Lipinski definition) is 5. The third-order valence-electron chi connectivity index (χ3n) is 8.79. The molecule has 4 aromatic carbocycles. The SMILES string of the molecule is Cc1ccc(C)c(NC(=O)COC(=O)c2cccc(N3C(=O)[C@@H]4C5c6ccccc6C(c6ccccc65)[C@H]4C3=O)c2)c1. The number of aryl methyl sites for hydroxylation is 2. The number of anilines is 2. The highest BCUT2D eigenvalue weighted by Crippen LogP contribution is 2.61. The highest BCUT2D eigenvalue weighted by molar-refractivity contribution is 6.23. The van der Waals surface area contributed by atoms with E-state index in [9.17, 15) is 19.2 Å². The van der Waals surface area contributed by atoms with Crippen molar-refractivity contribution >= 4 is 35.1 Å². The van der Waals surface area contributed by atoms with Gasteiger partial charge in [0.05, 0.1) is 23.1 Å². The van der Waals surface area contributed by atoms with E-state index in [0.717, 1.165) is 33.4 Å². The maximum Gasteiger partial charge on any atom is 0.338 e. The predicted octanol–water partition coefficient (Wildman–Crippen LogP) is 5.50. The molecule has 1 saturated heterocycles. The van der Waals surface area contributed by atoms with Gasteiger partial charge in [0.15, 0.2) is 6.61 Å². The monoisotopic (exact) mass is 556 g/mol. The lowest BCUT2D eigenvalue weighted by Gasteiger charge is -2.45. The third kappa shape index (κ3) is 3.96. The van der Waals surface area contributed by atoms with Crippen LogP contribution in [0.15, 0.2) is 91.0 Å². The summed E-state index contributed by atoms with van der Waals surface area (Å²) in [5.41, 5.74) is 7.42. The van der Waals surface area contributed by atoms with Crippen molar-refractivity contribution in [3.8, 4) is 0 Å². The van der Waals surface area contributed by atoms with Crippen molar-refractivity contribution in [2.45, 2.75) is 25.7 Å². The average molecular weight is 557 g/mol. The largest absolute Gasteiger partial charge is 0.452 e. The highest BCUT2D eigenvalue weighted by atomic mass is 16.5. The maximum atomic E-state index is 14.0. The van der Waals surface area contributed by atoms with Crippen LogP contribution in [0.1, 0.15) is 55.6 Å². The van der Waals surface area contributed by atoms with E-state index < -0.39 is 30.3 Å². The summed E-state index contributed by atoms with van der Waals surface area (Å²) in [5, 5.41) is 2.77. The number of carbonyl (C=O) groups is 4. The second-order valence-corrected chi connectivity index (χ2v) is 11.3. The van der Waals surface area contributed by atoms with Crippen LogP contribution in [-0.2, 0) is 19.1 Å². The summed E-state index contributed by atoms with van der Waals surface area (Å²) in [4.78, 5) is 54.7. The van der Waals surface area contributed by atoms with E-state index >= 15 is 0 Å². The molecule has 0 saturated carbocycles. The van der Waals surface area contributed by atoms with E-state index in [4.69, 9.17) is 4.74 Å². The number of rotatable bonds is 5. The first-order valence-corrected chi connectivity index (χ1v) is 14.0. The Morgan fingerprint density at radius 3 is 1.88 bits per heavy atom. The lowest BCUT2D eigenvalue weighted by Crippen LogP contribution is -2.41. The minimum absolute atomic E-state index is 0.150. The summed E-state index contributed by atoms with van der Waals surface area (Å²) in [6.07, 6.45) is 0. The molecule has 7 heteroatoms. The molecule has 2 bridgehead atoms. The molecule has 3 aliphatic carbocycles. The number of esters is 1. The van der Waals surface area contributed by atoms with Crippen LogP contribution in [-0.4, -0.2) is 30.3 Å². The van der Waals surface area contributed by atoms with Gasteiger partial charge in [0.1, 0.15) is 0 Å². The van der Waals surface area contributed by atoms with Gasteiger partial charge in [0.2, 0.25) is 11.8 Å². The molecule has 0 aromatic heterocycles. The van der Waals surface area contributed by atoms with Gasteiger partial charge in [-0.25, -0.2) is 9.69 Å². The third-order valence-corrected chi connectivity index (χ3v) is 8.79. The fraction of sp³-hybridized carbons (Fsp3) is 0.200. The number of carbonyl (C=O) groups excluding carboxylic acids is 4. The van der Waals surface area contributed by atoms with Gasteiger partial charge in [-0.15, -0.1) is 0 Å². The molecule has 7 nitrogen and oxygen atoms in total. The van der Waals surface area contributed by atoms with Crippen LogP contribution < -0.4 is 10.2 Å². The van der Waals surface area contributed by atoms with Crippen molar-refractivity contribution in [1.29, 1.82) is 0 Å². The Bertz CT molecular complexity index is 1700. The van der Waals surface area contributed by atoms with Crippen molar-refractivity contribution < 1.29 is 23.9 Å². The van der Waals surface area contributed by atoms with Crippen LogP contribution in [0.4, 0.5) is 11.4 Å². The van der Waals surface area contributed by atoms with Gasteiger partial charge in [-0.05, 0) is 71.5 Å². The predicted molar refractivity (Wildman–Crippen MR) is 157 cm³/mol. The fourth-order valence-electron chi connectivity index (χ4n) is 6.98. The van der Waals surface area contributed by atoms with Crippen LogP contribution in [0, 0.1) is 25.7 Å². The normalized spacial score (nSPS) is 21.4. The molecule has 4 aliphatic rings. The number of hydrogen-bond donors (Lipinski definition) is 1. The lowest BCUT2D eigenvalue weighted by molar-refractivity contribution is -0.122. The zero-order valence-electron chi connectivity index (χ0n) is 23.2. The van der Waals surface area contributed by atoms with Crippen LogP contribution in [0.5, 0.6) is 0 Å². The van der Waals surface area contributed by atoms with Crippen LogP contribution in [0.3, 0.4) is 0 Å². The van der Waals surface area contributed by atoms with Crippen molar-refractivity contribution in [3.05, 3.63) is 130 Å². The second-order valence-electron chi connectivity index (χ2n) is 11.3. The molecule has 0 radical (unpaired) electrons. The Labute approximate surface area is 243 Å². The Kier molecular flexibility index (Phi) is 6.04. The Balaban J connectivity index is 1.13. The minimum Gasteiger partial charge on any atom is -0.452 e. The average Bonchev–Trinajstić information content (AvgIpc) is 3.27. The van der Waals surface area contributed by atoms with Crippen molar-refractivity contribution in [2.75, 3.05) is 16.8 Å². The first-order chi connectivity index (χ1) is 20.3. The van der Waals surface area contributed by atoms with Crippen LogP contribution in [0.25, 0.3) is 0 Å². The summed E-state index contributed by atoms with van der Waals surface area (Å²) < 4.78 is 5.29. The molecule has 3 amide bonds. The van der Waals surface area contributed by atoms with E-state index in [2.05, 4.69) is 29.6 Å². The number of nitrogens with one attached hydrogen (secondary N) is 1. The fourth-order valence-corrected chi connectivity index (χ4v) is 6.98. The quantitative estimate of drug-likeness (QED) is 0.259. The van der Waals surface area contributed by atoms with Crippen molar-refractivity contribution in [2.24, 2.45) is 11.8 Å². The number of nitrogens with zero attached hydrogens (tertiary/aromatic N) is 1. The first-order valence-electron chi connectivity index (χ1n) is 14.0. The summed E-state index contributed by atoms with van der Waals surface area (Å²) >= 11 is 0. The molecular formula is C35H28N2O5. The lowest BCUT2D eigenvalue weighted by atomic mass is 9.55. The zero-order chi connectivity index (χ0) is 29.1. The van der Waals surface area contributed by atoms with Crippen molar-refractivity contribution in [3.63, 3.8) is 0 Å². The molecule has 2 atom stereocenters. The molecule has 42 heavy (non-hydrogen) atoms. The van der Waals surface area contributed by atoms with Crippen molar-refractivity contribution in [1.82, 2.24) is 0 Å². The number of imide groups is 1. The van der Waals surface area contributed by atoms with Crippen LogP contribution >= 0.6 is 0 Å². The van der Waals surface area contributed by atoms with E-state index in [1.807, 2.05) is 56.3 Å². The van der Waals surface area contributed by atoms with Gasteiger partial charge in [-0.3, -0.25) is 14.4 Å². The Hall–Kier alpha value is -5.04. The molecule has 8 rings (SSSR count). The number of amides is 3. The summed E-state index contributed by atoms with van der Waals surface area (Å²) in [6, 6.07) is 28.2. The van der Waals surface area contributed by atoms with Gasteiger partial charge >= 0.3 is 5.97 Å². The van der Waals surface area contributed by atoms with E-state index in [1.165, 1.54) is 11.0 Å². The smallest absolute Gasteiger partial charge is 0.338 e. The van der Waals surface area contributed by atoms with Gasteiger partial charge in [-0.2, -0.15) is 0 Å². The topological polar surface area (TPSA) is 92.8 Å². The number of ether oxygens (including phenoxy) is 1. The van der Waals surface area contributed by atoms with Gasteiger partial charge in [0, 0.05) is 17.5 Å². The van der Waals surface area contributed by atoms with Gasteiger partial charge in [0.25, 0.3) is 5.91 Å². The highest BCUT2D eigenvalue weighted by Gasteiger charge is 2.61. The first kappa shape index (κ1) is 25.9. The molecule has 0 spiro atoms. The molecule has 1 fully saturated rings. The molecule has 1 aliphatic heterocycles. The van der Waals surface area contributed by atoms with Crippen LogP contribution in [0.2, 0.25) is 0 Å². The molecule has 1 heterocycles. The Morgan fingerprint density at radius 1 is 0.738 bits per heavy atom. The van der Waals surface area contributed by atoms with E-state index in [0.29, 0.717) is 11.4 Å². The molecular weight excluding hydrogens is 528 g/mol. The number of benzene rings is 4. The summed E-state index contributed by atoms with van der Waals surface area (Å²) in [6.45, 7) is 3.34. The molecule has 208 valence electrons. The minimum atomic E-state index is -0.718.